The van der Waals surface area contributed by atoms with E-state index in [4.69, 9.17) is 20.8 Å². The van der Waals surface area contributed by atoms with E-state index in [1.165, 1.54) is 29.6 Å². The van der Waals surface area contributed by atoms with Crippen LogP contribution in [0.1, 0.15) is 17.7 Å². The number of aromatic nitrogens is 1. The Morgan fingerprint density at radius 2 is 1.94 bits per heavy atom. The van der Waals surface area contributed by atoms with E-state index in [1.54, 1.807) is 48.5 Å². The molecule has 0 aliphatic rings. The van der Waals surface area contributed by atoms with Crippen LogP contribution in [-0.4, -0.2) is 32.2 Å². The van der Waals surface area contributed by atoms with Crippen molar-refractivity contribution >= 4 is 54.0 Å². The molecular formula is C23H21ClN2O5S2. The number of furan rings is 1. The Bertz CT molecular complexity index is 1350. The third-order valence-electron chi connectivity index (χ3n) is 4.95. The highest BCUT2D eigenvalue weighted by Gasteiger charge is 2.25. The Labute approximate surface area is 200 Å². The van der Waals surface area contributed by atoms with Gasteiger partial charge in [0.05, 0.1) is 41.1 Å². The zero-order chi connectivity index (χ0) is 23.4. The third kappa shape index (κ3) is 5.55. The van der Waals surface area contributed by atoms with Crippen molar-refractivity contribution in [3.63, 3.8) is 0 Å². The van der Waals surface area contributed by atoms with Gasteiger partial charge in [-0.2, -0.15) is 0 Å². The summed E-state index contributed by atoms with van der Waals surface area (Å²) >= 11 is 7.58. The van der Waals surface area contributed by atoms with Gasteiger partial charge in [-0.25, -0.2) is 13.4 Å². The number of sulfone groups is 1. The zero-order valence-corrected chi connectivity index (χ0v) is 20.1. The second-order valence-corrected chi connectivity index (χ2v) is 10.9. The molecule has 2 heterocycles. The van der Waals surface area contributed by atoms with Crippen molar-refractivity contribution in [1.29, 1.82) is 0 Å². The molecule has 0 bridgehead atoms. The van der Waals surface area contributed by atoms with Crippen LogP contribution < -0.4 is 9.64 Å². The second-order valence-electron chi connectivity index (χ2n) is 7.31. The van der Waals surface area contributed by atoms with Gasteiger partial charge in [0, 0.05) is 6.42 Å². The van der Waals surface area contributed by atoms with Crippen LogP contribution in [0.4, 0.5) is 5.13 Å². The monoisotopic (exact) mass is 504 g/mol. The number of halogens is 1. The van der Waals surface area contributed by atoms with Crippen LogP contribution in [0.3, 0.4) is 0 Å². The van der Waals surface area contributed by atoms with Crippen molar-refractivity contribution in [2.75, 3.05) is 17.8 Å². The van der Waals surface area contributed by atoms with Crippen molar-refractivity contribution in [3.8, 4) is 5.75 Å². The van der Waals surface area contributed by atoms with E-state index < -0.39 is 9.84 Å². The first-order chi connectivity index (χ1) is 15.9. The molecule has 0 aliphatic carbocycles. The molecule has 2 aromatic carbocycles. The number of benzene rings is 2. The van der Waals surface area contributed by atoms with E-state index in [0.29, 0.717) is 37.4 Å². The molecule has 0 unspecified atom stereocenters. The number of ether oxygens (including phenoxy) is 1. The van der Waals surface area contributed by atoms with Crippen LogP contribution >= 0.6 is 22.9 Å². The Morgan fingerprint density at radius 3 is 2.64 bits per heavy atom. The van der Waals surface area contributed by atoms with Crippen LogP contribution in [0.15, 0.2) is 65.3 Å². The Kier molecular flexibility index (Phi) is 7.02. The maximum atomic E-state index is 13.2. The molecule has 0 saturated carbocycles. The SMILES string of the molecule is COc1ccc(Cl)c2sc(N(Cc3ccco3)C(=O)CCS(=O)(=O)Cc3ccccc3)nc12. The Morgan fingerprint density at radius 1 is 1.15 bits per heavy atom. The number of thiazole rings is 1. The lowest BCUT2D eigenvalue weighted by atomic mass is 10.2. The smallest absolute Gasteiger partial charge is 0.230 e. The fraction of sp³-hybridized carbons (Fsp3) is 0.217. The molecule has 0 radical (unpaired) electrons. The fourth-order valence-electron chi connectivity index (χ4n) is 3.32. The highest BCUT2D eigenvalue weighted by molar-refractivity contribution is 7.90. The van der Waals surface area contributed by atoms with Crippen molar-refractivity contribution in [1.82, 2.24) is 4.98 Å². The van der Waals surface area contributed by atoms with Crippen LogP contribution in [0.2, 0.25) is 5.02 Å². The second kappa shape index (κ2) is 9.94. The molecule has 172 valence electrons. The maximum Gasteiger partial charge on any atom is 0.230 e. The number of carbonyl (C=O) groups excluding carboxylic acids is 1. The maximum absolute atomic E-state index is 13.2. The van der Waals surface area contributed by atoms with Gasteiger partial charge in [-0.1, -0.05) is 53.3 Å². The van der Waals surface area contributed by atoms with E-state index in [1.807, 2.05) is 6.07 Å². The summed E-state index contributed by atoms with van der Waals surface area (Å²) in [7, 11) is -1.95. The number of fused-ring (bicyclic) bond motifs is 1. The average Bonchev–Trinajstić information content (AvgIpc) is 3.47. The fourth-order valence-corrected chi connectivity index (χ4v) is 5.92. The van der Waals surface area contributed by atoms with E-state index in [-0.39, 0.29) is 30.4 Å². The van der Waals surface area contributed by atoms with Crippen LogP contribution in [0.25, 0.3) is 10.2 Å². The minimum Gasteiger partial charge on any atom is -0.494 e. The summed E-state index contributed by atoms with van der Waals surface area (Å²) < 4.78 is 36.7. The van der Waals surface area contributed by atoms with E-state index >= 15 is 0 Å². The lowest BCUT2D eigenvalue weighted by Crippen LogP contribution is -2.31. The van der Waals surface area contributed by atoms with Crippen LogP contribution in [-0.2, 0) is 26.9 Å². The number of hydrogen-bond acceptors (Lipinski definition) is 7. The molecule has 1 amide bonds. The Balaban J connectivity index is 1.59. The summed E-state index contributed by atoms with van der Waals surface area (Å²) in [5.41, 5.74) is 1.23. The number of carbonyl (C=O) groups is 1. The molecule has 2 aromatic heterocycles. The van der Waals surface area contributed by atoms with E-state index in [0.717, 1.165) is 0 Å². The highest BCUT2D eigenvalue weighted by Crippen LogP contribution is 2.39. The van der Waals surface area contributed by atoms with Gasteiger partial charge in [-0.05, 0) is 29.8 Å². The van der Waals surface area contributed by atoms with Crippen LogP contribution in [0, 0.1) is 0 Å². The molecule has 7 nitrogen and oxygen atoms in total. The van der Waals surface area contributed by atoms with Gasteiger partial charge in [0.2, 0.25) is 5.91 Å². The summed E-state index contributed by atoms with van der Waals surface area (Å²) in [4.78, 5) is 19.2. The quantitative estimate of drug-likeness (QED) is 0.315. The van der Waals surface area contributed by atoms with Gasteiger partial charge < -0.3 is 9.15 Å². The molecule has 4 rings (SSSR count). The molecule has 0 saturated heterocycles. The van der Waals surface area contributed by atoms with E-state index in [9.17, 15) is 13.2 Å². The van der Waals surface area contributed by atoms with Crippen molar-refractivity contribution in [3.05, 3.63) is 77.2 Å². The number of anilines is 1. The summed E-state index contributed by atoms with van der Waals surface area (Å²) in [6, 6.07) is 15.8. The number of hydrogen-bond donors (Lipinski definition) is 0. The largest absolute Gasteiger partial charge is 0.494 e. The molecule has 33 heavy (non-hydrogen) atoms. The summed E-state index contributed by atoms with van der Waals surface area (Å²) in [6.45, 7) is 0.115. The van der Waals surface area contributed by atoms with E-state index in [2.05, 4.69) is 4.98 Å². The molecule has 0 fully saturated rings. The number of rotatable bonds is 9. The molecule has 0 aliphatic heterocycles. The lowest BCUT2D eigenvalue weighted by Gasteiger charge is -2.18. The lowest BCUT2D eigenvalue weighted by molar-refractivity contribution is -0.118. The van der Waals surface area contributed by atoms with Gasteiger partial charge in [0.25, 0.3) is 0 Å². The Hall–Kier alpha value is -2.88. The minimum absolute atomic E-state index is 0.115. The molecule has 0 spiro atoms. The van der Waals surface area contributed by atoms with Gasteiger partial charge in [-0.15, -0.1) is 0 Å². The minimum atomic E-state index is -3.48. The van der Waals surface area contributed by atoms with Gasteiger partial charge >= 0.3 is 0 Å². The first-order valence-electron chi connectivity index (χ1n) is 10.1. The van der Waals surface area contributed by atoms with Gasteiger partial charge in [-0.3, -0.25) is 9.69 Å². The first kappa shape index (κ1) is 23.3. The van der Waals surface area contributed by atoms with Crippen molar-refractivity contribution in [2.45, 2.75) is 18.7 Å². The van der Waals surface area contributed by atoms with Gasteiger partial charge in [0.15, 0.2) is 15.0 Å². The third-order valence-corrected chi connectivity index (χ3v) is 8.09. The first-order valence-corrected chi connectivity index (χ1v) is 13.1. The topological polar surface area (TPSA) is 89.7 Å². The number of nitrogens with zero attached hydrogens (tertiary/aromatic N) is 2. The predicted octanol–water partition coefficient (Wildman–Crippen LogP) is 5.09. The van der Waals surface area contributed by atoms with Crippen molar-refractivity contribution < 1.29 is 22.4 Å². The average molecular weight is 505 g/mol. The number of amides is 1. The van der Waals surface area contributed by atoms with Crippen LogP contribution in [0.5, 0.6) is 5.75 Å². The normalized spacial score (nSPS) is 11.6. The summed E-state index contributed by atoms with van der Waals surface area (Å²) in [6.07, 6.45) is 1.33. The highest BCUT2D eigenvalue weighted by atomic mass is 35.5. The zero-order valence-electron chi connectivity index (χ0n) is 17.7. The molecule has 10 heteroatoms. The standard InChI is InChI=1S/C23H21ClN2O5S2/c1-30-19-10-9-18(24)22-21(19)25-23(32-22)26(14-17-8-5-12-31-17)20(27)11-13-33(28,29)15-16-6-3-2-4-7-16/h2-10,12H,11,13-15H2,1H3. The molecular weight excluding hydrogens is 484 g/mol. The predicted molar refractivity (Wildman–Crippen MR) is 130 cm³/mol. The molecule has 0 atom stereocenters. The number of methoxy groups -OCH3 is 1. The molecule has 0 N–H and O–H groups in total. The van der Waals surface area contributed by atoms with Gasteiger partial charge in [0.1, 0.15) is 17.0 Å². The summed E-state index contributed by atoms with van der Waals surface area (Å²) in [5, 5.41) is 0.878. The summed E-state index contributed by atoms with van der Waals surface area (Å²) in [5.74, 6) is 0.315. The molecule has 4 aromatic rings. The van der Waals surface area contributed by atoms with Crippen molar-refractivity contribution in [2.24, 2.45) is 0 Å².